The average Bonchev–Trinajstić information content (AvgIpc) is 1.79. The highest BCUT2D eigenvalue weighted by atomic mass is 16.2. The molecule has 1 rings (SSSR count). The molecule has 0 aliphatic carbocycles. The fourth-order valence-corrected chi connectivity index (χ4v) is 0.690. The Kier molecular flexibility index (Phi) is 2.06. The molecular formula is C7H7NO2. The lowest BCUT2D eigenvalue weighted by Crippen LogP contribution is -2.41. The van der Waals surface area contributed by atoms with E-state index >= 15 is 0 Å². The Morgan fingerprint density at radius 2 is 2.20 bits per heavy atom. The van der Waals surface area contributed by atoms with Gasteiger partial charge < -0.3 is 4.90 Å². The Hall–Kier alpha value is -1.30. The zero-order valence-corrected chi connectivity index (χ0v) is 5.46. The third-order valence-corrected chi connectivity index (χ3v) is 1.38. The van der Waals surface area contributed by atoms with E-state index in [1.807, 2.05) is 0 Å². The van der Waals surface area contributed by atoms with E-state index in [0.29, 0.717) is 6.29 Å². The number of carbonyl (C=O) groups is 2. The van der Waals surface area contributed by atoms with E-state index in [0.717, 1.165) is 19.5 Å². The van der Waals surface area contributed by atoms with Gasteiger partial charge in [-0.1, -0.05) is 0 Å². The van der Waals surface area contributed by atoms with Crippen LogP contribution in [0.4, 0.5) is 0 Å². The largest absolute Gasteiger partial charge is 0.332 e. The SMILES string of the molecule is O=CC#CC(=O)N1CCC1. The van der Waals surface area contributed by atoms with Crippen molar-refractivity contribution < 1.29 is 9.59 Å². The number of nitrogens with zero attached hydrogens (tertiary/aromatic N) is 1. The molecule has 0 spiro atoms. The fourth-order valence-electron chi connectivity index (χ4n) is 0.690. The van der Waals surface area contributed by atoms with Crippen LogP contribution in [0.1, 0.15) is 6.42 Å². The van der Waals surface area contributed by atoms with Crippen molar-refractivity contribution in [1.29, 1.82) is 0 Å². The number of aldehydes is 1. The van der Waals surface area contributed by atoms with Gasteiger partial charge in [-0.2, -0.15) is 0 Å². The van der Waals surface area contributed by atoms with Gasteiger partial charge in [-0.25, -0.2) is 0 Å². The summed E-state index contributed by atoms with van der Waals surface area (Å²) in [5.74, 6) is 4.04. The first kappa shape index (κ1) is 6.81. The van der Waals surface area contributed by atoms with Crippen molar-refractivity contribution in [2.75, 3.05) is 13.1 Å². The lowest BCUT2D eigenvalue weighted by molar-refractivity contribution is -0.128. The summed E-state index contributed by atoms with van der Waals surface area (Å²) < 4.78 is 0. The minimum Gasteiger partial charge on any atom is -0.332 e. The van der Waals surface area contributed by atoms with Crippen LogP contribution in [0.15, 0.2) is 0 Å². The predicted molar refractivity (Wildman–Crippen MR) is 35.0 cm³/mol. The second-order valence-electron chi connectivity index (χ2n) is 2.03. The van der Waals surface area contributed by atoms with Gasteiger partial charge in [0.2, 0.25) is 0 Å². The molecule has 3 nitrogen and oxygen atoms in total. The highest BCUT2D eigenvalue weighted by Gasteiger charge is 2.17. The minimum atomic E-state index is -0.238. The molecule has 1 aliphatic rings. The summed E-state index contributed by atoms with van der Waals surface area (Å²) in [5, 5.41) is 0. The number of hydrogen-bond donors (Lipinski definition) is 0. The molecule has 1 aliphatic heterocycles. The van der Waals surface area contributed by atoms with Crippen molar-refractivity contribution in [1.82, 2.24) is 4.90 Å². The van der Waals surface area contributed by atoms with Crippen LogP contribution in [0.5, 0.6) is 0 Å². The first-order chi connectivity index (χ1) is 4.84. The van der Waals surface area contributed by atoms with E-state index in [2.05, 4.69) is 11.8 Å². The predicted octanol–water partition coefficient (Wildman–Crippen LogP) is -0.579. The second kappa shape index (κ2) is 3.02. The number of rotatable bonds is 0. The topological polar surface area (TPSA) is 37.4 Å². The summed E-state index contributed by atoms with van der Waals surface area (Å²) in [6.45, 7) is 1.57. The normalized spacial score (nSPS) is 14.6. The van der Waals surface area contributed by atoms with E-state index in [4.69, 9.17) is 0 Å². The van der Waals surface area contributed by atoms with E-state index in [1.54, 1.807) is 4.90 Å². The van der Waals surface area contributed by atoms with Crippen molar-refractivity contribution >= 4 is 12.2 Å². The van der Waals surface area contributed by atoms with Gasteiger partial charge in [0.1, 0.15) is 0 Å². The van der Waals surface area contributed by atoms with Crippen LogP contribution >= 0.6 is 0 Å². The number of hydrogen-bond acceptors (Lipinski definition) is 2. The summed E-state index contributed by atoms with van der Waals surface area (Å²) in [4.78, 5) is 22.1. The summed E-state index contributed by atoms with van der Waals surface area (Å²) in [5.41, 5.74) is 0. The number of carbonyl (C=O) groups excluding carboxylic acids is 2. The molecule has 1 amide bonds. The van der Waals surface area contributed by atoms with Crippen molar-refractivity contribution in [2.45, 2.75) is 6.42 Å². The summed E-state index contributed by atoms with van der Waals surface area (Å²) in [6.07, 6.45) is 1.48. The monoisotopic (exact) mass is 137 g/mol. The Balaban J connectivity index is 2.40. The Bertz CT molecular complexity index is 207. The summed E-state index contributed by atoms with van der Waals surface area (Å²) >= 11 is 0. The first-order valence-corrected chi connectivity index (χ1v) is 3.08. The van der Waals surface area contributed by atoms with E-state index < -0.39 is 0 Å². The molecule has 1 heterocycles. The van der Waals surface area contributed by atoms with Gasteiger partial charge >= 0.3 is 0 Å². The number of amides is 1. The Morgan fingerprint density at radius 3 is 2.60 bits per heavy atom. The maximum Gasteiger partial charge on any atom is 0.298 e. The molecule has 0 radical (unpaired) electrons. The Labute approximate surface area is 59.0 Å². The van der Waals surface area contributed by atoms with Crippen LogP contribution < -0.4 is 0 Å². The maximum absolute atomic E-state index is 10.8. The standard InChI is InChI=1S/C7H7NO2/c9-6-1-3-7(10)8-4-2-5-8/h6H,2,4-5H2. The minimum absolute atomic E-state index is 0.238. The molecule has 10 heavy (non-hydrogen) atoms. The van der Waals surface area contributed by atoms with Gasteiger partial charge in [0.25, 0.3) is 5.91 Å². The van der Waals surface area contributed by atoms with Gasteiger partial charge in [0, 0.05) is 19.0 Å². The molecule has 1 fully saturated rings. The molecule has 0 N–H and O–H groups in total. The van der Waals surface area contributed by atoms with Gasteiger partial charge in [-0.15, -0.1) is 0 Å². The fraction of sp³-hybridized carbons (Fsp3) is 0.429. The first-order valence-electron chi connectivity index (χ1n) is 3.08. The van der Waals surface area contributed by atoms with Crippen LogP contribution in [-0.4, -0.2) is 30.2 Å². The van der Waals surface area contributed by atoms with Gasteiger partial charge in [0.05, 0.1) is 0 Å². The molecule has 0 aromatic rings. The molecule has 0 atom stereocenters. The average molecular weight is 137 g/mol. The molecule has 0 saturated carbocycles. The third-order valence-electron chi connectivity index (χ3n) is 1.38. The molecule has 0 aromatic heterocycles. The molecule has 3 heteroatoms. The van der Waals surface area contributed by atoms with Crippen molar-refractivity contribution in [3.63, 3.8) is 0 Å². The second-order valence-corrected chi connectivity index (χ2v) is 2.03. The van der Waals surface area contributed by atoms with Crippen LogP contribution in [0, 0.1) is 11.8 Å². The van der Waals surface area contributed by atoms with Crippen LogP contribution in [0.2, 0.25) is 0 Å². The summed E-state index contributed by atoms with van der Waals surface area (Å²) in [7, 11) is 0. The molecule has 0 aromatic carbocycles. The number of likely N-dealkylation sites (tertiary alicyclic amines) is 1. The van der Waals surface area contributed by atoms with Gasteiger partial charge in [-0.3, -0.25) is 9.59 Å². The van der Waals surface area contributed by atoms with Crippen molar-refractivity contribution in [2.24, 2.45) is 0 Å². The van der Waals surface area contributed by atoms with Gasteiger partial charge in [0.15, 0.2) is 6.29 Å². The van der Waals surface area contributed by atoms with Crippen LogP contribution in [-0.2, 0) is 9.59 Å². The van der Waals surface area contributed by atoms with E-state index in [9.17, 15) is 9.59 Å². The third kappa shape index (κ3) is 1.35. The zero-order chi connectivity index (χ0) is 7.40. The van der Waals surface area contributed by atoms with Gasteiger partial charge in [-0.05, 0) is 12.3 Å². The van der Waals surface area contributed by atoms with Crippen molar-refractivity contribution in [3.8, 4) is 11.8 Å². The highest BCUT2D eigenvalue weighted by molar-refractivity contribution is 5.97. The van der Waals surface area contributed by atoms with Crippen LogP contribution in [0.3, 0.4) is 0 Å². The zero-order valence-electron chi connectivity index (χ0n) is 5.46. The smallest absolute Gasteiger partial charge is 0.298 e. The maximum atomic E-state index is 10.8. The molecule has 0 bridgehead atoms. The summed E-state index contributed by atoms with van der Waals surface area (Å²) in [6, 6.07) is 0. The molecular weight excluding hydrogens is 130 g/mol. The highest BCUT2D eigenvalue weighted by Crippen LogP contribution is 2.04. The lowest BCUT2D eigenvalue weighted by atomic mass is 10.2. The molecule has 52 valence electrons. The Morgan fingerprint density at radius 1 is 1.50 bits per heavy atom. The van der Waals surface area contributed by atoms with E-state index in [1.165, 1.54) is 0 Å². The molecule has 1 saturated heterocycles. The molecule has 0 unspecified atom stereocenters. The van der Waals surface area contributed by atoms with E-state index in [-0.39, 0.29) is 5.91 Å². The van der Waals surface area contributed by atoms with Crippen LogP contribution in [0.25, 0.3) is 0 Å². The quantitative estimate of drug-likeness (QED) is 0.331. The lowest BCUT2D eigenvalue weighted by Gasteiger charge is -2.28. The van der Waals surface area contributed by atoms with Crippen molar-refractivity contribution in [3.05, 3.63) is 0 Å².